The predicted molar refractivity (Wildman–Crippen MR) is 100 cm³/mol. The highest BCUT2D eigenvalue weighted by Crippen LogP contribution is 2.56. The lowest BCUT2D eigenvalue weighted by Gasteiger charge is -2.37. The lowest BCUT2D eigenvalue weighted by molar-refractivity contribution is 0.213. The van der Waals surface area contributed by atoms with E-state index in [4.69, 9.17) is 9.05 Å². The predicted octanol–water partition coefficient (Wildman–Crippen LogP) is 5.35. The van der Waals surface area contributed by atoms with Crippen molar-refractivity contribution in [1.82, 2.24) is 5.32 Å². The monoisotopic (exact) mass is 349 g/mol. The van der Waals surface area contributed by atoms with Crippen molar-refractivity contribution in [3.8, 4) is 0 Å². The summed E-state index contributed by atoms with van der Waals surface area (Å²) in [4.78, 5) is 0. The van der Waals surface area contributed by atoms with E-state index < -0.39 is 13.4 Å². The summed E-state index contributed by atoms with van der Waals surface area (Å²) in [6, 6.07) is 14.5. The van der Waals surface area contributed by atoms with Crippen molar-refractivity contribution in [1.29, 1.82) is 0 Å². The third-order valence-electron chi connectivity index (χ3n) is 4.34. The van der Waals surface area contributed by atoms with Crippen molar-refractivity contribution >= 4 is 18.4 Å². The largest absolute Gasteiger partial charge is 0.347 e. The zero-order valence-corrected chi connectivity index (χ0v) is 16.3. The third-order valence-corrected chi connectivity index (χ3v) is 6.92. The SMILES string of the molecule is COP(=O)(OC)[C@@H](N[C@@H](C)c1cccc2ccccc12)C(C)(C)C. The highest BCUT2D eigenvalue weighted by molar-refractivity contribution is 7.54. The Kier molecular flexibility index (Phi) is 5.87. The first-order chi connectivity index (χ1) is 11.2. The van der Waals surface area contributed by atoms with E-state index in [1.165, 1.54) is 30.6 Å². The fraction of sp³-hybridized carbons (Fsp3) is 0.474. The maximum absolute atomic E-state index is 13.0. The molecule has 0 saturated carbocycles. The summed E-state index contributed by atoms with van der Waals surface area (Å²) in [5, 5.41) is 5.88. The fourth-order valence-corrected chi connectivity index (χ4v) is 4.98. The summed E-state index contributed by atoms with van der Waals surface area (Å²) in [6.45, 7) is 8.18. The average molecular weight is 349 g/mol. The molecule has 0 heterocycles. The van der Waals surface area contributed by atoms with E-state index in [-0.39, 0.29) is 11.5 Å². The van der Waals surface area contributed by atoms with Crippen molar-refractivity contribution < 1.29 is 13.6 Å². The first-order valence-electron chi connectivity index (χ1n) is 8.18. The smallest absolute Gasteiger partial charge is 0.311 e. The van der Waals surface area contributed by atoms with E-state index in [0.29, 0.717) is 0 Å². The molecule has 2 aromatic carbocycles. The molecule has 1 N–H and O–H groups in total. The molecule has 5 heteroatoms. The molecule has 0 unspecified atom stereocenters. The summed E-state index contributed by atoms with van der Waals surface area (Å²) in [5.74, 6) is -0.422. The second kappa shape index (κ2) is 7.37. The van der Waals surface area contributed by atoms with E-state index in [0.717, 1.165) is 0 Å². The number of hydrogen-bond donors (Lipinski definition) is 1. The minimum absolute atomic E-state index is 0.000972. The maximum atomic E-state index is 13.0. The fourth-order valence-electron chi connectivity index (χ4n) is 3.06. The highest BCUT2D eigenvalue weighted by atomic mass is 31.2. The molecule has 132 valence electrons. The third kappa shape index (κ3) is 3.89. The minimum Gasteiger partial charge on any atom is -0.311 e. The summed E-state index contributed by atoms with van der Waals surface area (Å²) < 4.78 is 23.6. The first kappa shape index (κ1) is 19.1. The van der Waals surface area contributed by atoms with Crippen molar-refractivity contribution in [2.75, 3.05) is 14.2 Å². The van der Waals surface area contributed by atoms with Crippen LogP contribution in [0.5, 0.6) is 0 Å². The standard InChI is InChI=1S/C19H28NO3P/c1-14(16-13-9-11-15-10-7-8-12-17(15)16)20-18(19(2,3)4)24(21,22-5)23-6/h7-14,18,20H,1-6H3/t14-,18+/m0/s1. The molecule has 2 atom stereocenters. The number of nitrogens with one attached hydrogen (secondary N) is 1. The van der Waals surface area contributed by atoms with Gasteiger partial charge in [0.15, 0.2) is 0 Å². The molecular weight excluding hydrogens is 321 g/mol. The van der Waals surface area contributed by atoms with E-state index in [9.17, 15) is 4.57 Å². The van der Waals surface area contributed by atoms with E-state index in [2.05, 4.69) is 36.5 Å². The molecule has 0 aliphatic heterocycles. The van der Waals surface area contributed by atoms with Crippen molar-refractivity contribution in [2.24, 2.45) is 5.41 Å². The summed E-state index contributed by atoms with van der Waals surface area (Å²) in [6.07, 6.45) is 0. The summed E-state index contributed by atoms with van der Waals surface area (Å²) in [5.41, 5.74) is 0.876. The van der Waals surface area contributed by atoms with Crippen molar-refractivity contribution in [2.45, 2.75) is 39.5 Å². The van der Waals surface area contributed by atoms with Gasteiger partial charge in [-0.2, -0.15) is 0 Å². The van der Waals surface area contributed by atoms with Gasteiger partial charge < -0.3 is 9.05 Å². The molecule has 4 nitrogen and oxygen atoms in total. The van der Waals surface area contributed by atoms with Gasteiger partial charge in [-0.3, -0.25) is 9.88 Å². The Morgan fingerprint density at radius 3 is 2.17 bits per heavy atom. The average Bonchev–Trinajstić information content (AvgIpc) is 2.57. The Balaban J connectivity index is 2.40. The molecule has 24 heavy (non-hydrogen) atoms. The Morgan fingerprint density at radius 2 is 1.58 bits per heavy atom. The van der Waals surface area contributed by atoms with Crippen LogP contribution in [0.2, 0.25) is 0 Å². The van der Waals surface area contributed by atoms with Crippen LogP contribution < -0.4 is 5.32 Å². The summed E-state index contributed by atoms with van der Waals surface area (Å²) in [7, 11) is -0.383. The number of hydrogen-bond acceptors (Lipinski definition) is 4. The van der Waals surface area contributed by atoms with Gasteiger partial charge in [0.05, 0.1) is 0 Å². The van der Waals surface area contributed by atoms with Gasteiger partial charge in [-0.1, -0.05) is 63.2 Å². The van der Waals surface area contributed by atoms with Gasteiger partial charge in [0.25, 0.3) is 0 Å². The van der Waals surface area contributed by atoms with E-state index in [1.807, 2.05) is 39.0 Å². The Hall–Kier alpha value is -1.19. The maximum Gasteiger partial charge on any atom is 0.347 e. The molecule has 0 fully saturated rings. The van der Waals surface area contributed by atoms with E-state index in [1.54, 1.807) is 0 Å². The van der Waals surface area contributed by atoms with Crippen LogP contribution in [-0.2, 0) is 13.6 Å². The van der Waals surface area contributed by atoms with Crippen LogP contribution in [0.1, 0.15) is 39.3 Å². The van der Waals surface area contributed by atoms with Crippen LogP contribution in [0.3, 0.4) is 0 Å². The van der Waals surface area contributed by atoms with Gasteiger partial charge in [-0.15, -0.1) is 0 Å². The second-order valence-corrected chi connectivity index (χ2v) is 9.46. The molecular formula is C19H28NO3P. The molecule has 0 bridgehead atoms. The number of benzene rings is 2. The molecule has 0 aliphatic rings. The van der Waals surface area contributed by atoms with Gasteiger partial charge in [-0.05, 0) is 28.7 Å². The minimum atomic E-state index is -3.26. The molecule has 2 rings (SSSR count). The number of fused-ring (bicyclic) bond motifs is 1. The lowest BCUT2D eigenvalue weighted by atomic mass is 9.94. The Morgan fingerprint density at radius 1 is 1.00 bits per heavy atom. The molecule has 0 spiro atoms. The topological polar surface area (TPSA) is 47.6 Å². The second-order valence-electron chi connectivity index (χ2n) is 7.13. The zero-order chi connectivity index (χ0) is 18.0. The molecule has 0 radical (unpaired) electrons. The van der Waals surface area contributed by atoms with Crippen LogP contribution in [0, 0.1) is 5.41 Å². The Labute approximate surface area is 145 Å². The van der Waals surface area contributed by atoms with Gasteiger partial charge in [0.2, 0.25) is 0 Å². The molecule has 0 aromatic heterocycles. The number of rotatable bonds is 6. The van der Waals surface area contributed by atoms with Gasteiger partial charge in [-0.25, -0.2) is 0 Å². The van der Waals surface area contributed by atoms with Crippen LogP contribution in [0.15, 0.2) is 42.5 Å². The van der Waals surface area contributed by atoms with Crippen LogP contribution in [-0.4, -0.2) is 20.0 Å². The van der Waals surface area contributed by atoms with E-state index >= 15 is 0 Å². The molecule has 0 aliphatic carbocycles. The molecule has 0 saturated heterocycles. The van der Waals surface area contributed by atoms with Crippen LogP contribution >= 0.6 is 7.60 Å². The van der Waals surface area contributed by atoms with Crippen LogP contribution in [0.25, 0.3) is 10.8 Å². The van der Waals surface area contributed by atoms with Crippen molar-refractivity contribution in [3.63, 3.8) is 0 Å². The molecule has 2 aromatic rings. The van der Waals surface area contributed by atoms with Gasteiger partial charge in [0.1, 0.15) is 5.78 Å². The quantitative estimate of drug-likeness (QED) is 0.714. The molecule has 0 amide bonds. The van der Waals surface area contributed by atoms with Crippen LogP contribution in [0.4, 0.5) is 0 Å². The highest BCUT2D eigenvalue weighted by Gasteiger charge is 2.43. The zero-order valence-electron chi connectivity index (χ0n) is 15.4. The van der Waals surface area contributed by atoms with Gasteiger partial charge in [0, 0.05) is 20.3 Å². The first-order valence-corrected chi connectivity index (χ1v) is 9.79. The summed E-state index contributed by atoms with van der Waals surface area (Å²) >= 11 is 0. The normalized spacial score (nSPS) is 15.4. The lowest BCUT2D eigenvalue weighted by Crippen LogP contribution is -2.42. The Bertz CT molecular complexity index is 725. The van der Waals surface area contributed by atoms with Crippen molar-refractivity contribution in [3.05, 3.63) is 48.0 Å². The van der Waals surface area contributed by atoms with Gasteiger partial charge >= 0.3 is 7.60 Å².